The SMILES string of the molecule is FC(F)(F)c1cc(Cc2ccccc2)cc(C(F)(F)F)c1. The van der Waals surface area contributed by atoms with E-state index >= 15 is 0 Å². The van der Waals surface area contributed by atoms with Gasteiger partial charge in [0, 0.05) is 0 Å². The molecule has 6 heteroatoms. The van der Waals surface area contributed by atoms with Gasteiger partial charge in [0.1, 0.15) is 0 Å². The van der Waals surface area contributed by atoms with E-state index in [4.69, 9.17) is 0 Å². The summed E-state index contributed by atoms with van der Waals surface area (Å²) in [6, 6.07) is 10.00. The summed E-state index contributed by atoms with van der Waals surface area (Å²) in [7, 11) is 0. The molecule has 0 fully saturated rings. The fourth-order valence-corrected chi connectivity index (χ4v) is 1.95. The monoisotopic (exact) mass is 304 g/mol. The first-order valence-corrected chi connectivity index (χ1v) is 5.98. The quantitative estimate of drug-likeness (QED) is 0.659. The average Bonchev–Trinajstić information content (AvgIpc) is 2.37. The van der Waals surface area contributed by atoms with E-state index in [-0.39, 0.29) is 18.1 Å². The first kappa shape index (κ1) is 15.4. The summed E-state index contributed by atoms with van der Waals surface area (Å²) < 4.78 is 76.2. The van der Waals surface area contributed by atoms with Gasteiger partial charge in [-0.3, -0.25) is 0 Å². The summed E-state index contributed by atoms with van der Waals surface area (Å²) in [5.74, 6) is 0. The van der Waals surface area contributed by atoms with Crippen LogP contribution in [0.3, 0.4) is 0 Å². The Morgan fingerprint density at radius 1 is 0.619 bits per heavy atom. The van der Waals surface area contributed by atoms with Gasteiger partial charge in [-0.15, -0.1) is 0 Å². The topological polar surface area (TPSA) is 0 Å². The van der Waals surface area contributed by atoms with Gasteiger partial charge in [-0.1, -0.05) is 30.3 Å². The molecule has 2 aromatic carbocycles. The second-order valence-corrected chi connectivity index (χ2v) is 4.58. The molecule has 0 aliphatic heterocycles. The van der Waals surface area contributed by atoms with Crippen LogP contribution in [0.25, 0.3) is 0 Å². The third kappa shape index (κ3) is 4.00. The molecule has 0 amide bonds. The van der Waals surface area contributed by atoms with Crippen LogP contribution in [0.4, 0.5) is 26.3 Å². The Kier molecular flexibility index (Phi) is 3.98. The van der Waals surface area contributed by atoms with Crippen LogP contribution in [0, 0.1) is 0 Å². The van der Waals surface area contributed by atoms with Crippen molar-refractivity contribution in [1.29, 1.82) is 0 Å². The lowest BCUT2D eigenvalue weighted by atomic mass is 9.99. The Balaban J connectivity index is 2.45. The third-order valence-corrected chi connectivity index (χ3v) is 2.90. The van der Waals surface area contributed by atoms with Crippen molar-refractivity contribution in [3.05, 3.63) is 70.8 Å². The van der Waals surface area contributed by atoms with Gasteiger partial charge in [0.05, 0.1) is 11.1 Å². The minimum Gasteiger partial charge on any atom is -0.166 e. The zero-order valence-electron chi connectivity index (χ0n) is 10.6. The lowest BCUT2D eigenvalue weighted by molar-refractivity contribution is -0.143. The summed E-state index contributed by atoms with van der Waals surface area (Å²) >= 11 is 0. The van der Waals surface area contributed by atoms with Crippen LogP contribution in [0.5, 0.6) is 0 Å². The third-order valence-electron chi connectivity index (χ3n) is 2.90. The molecule has 0 heterocycles. The largest absolute Gasteiger partial charge is 0.416 e. The lowest BCUT2D eigenvalue weighted by Crippen LogP contribution is -2.12. The van der Waals surface area contributed by atoms with Crippen molar-refractivity contribution in [2.24, 2.45) is 0 Å². The lowest BCUT2D eigenvalue weighted by Gasteiger charge is -2.14. The molecule has 0 unspecified atom stereocenters. The van der Waals surface area contributed by atoms with Crippen LogP contribution < -0.4 is 0 Å². The molecular weight excluding hydrogens is 294 g/mol. The van der Waals surface area contributed by atoms with E-state index in [1.807, 2.05) is 0 Å². The van der Waals surface area contributed by atoms with Crippen molar-refractivity contribution < 1.29 is 26.3 Å². The molecule has 0 aliphatic rings. The van der Waals surface area contributed by atoms with Crippen LogP contribution in [-0.2, 0) is 18.8 Å². The molecule has 2 rings (SSSR count). The molecular formula is C15H10F6. The number of hydrogen-bond acceptors (Lipinski definition) is 0. The normalized spacial score (nSPS) is 12.5. The number of benzene rings is 2. The highest BCUT2D eigenvalue weighted by Gasteiger charge is 2.36. The molecule has 2 aromatic rings. The smallest absolute Gasteiger partial charge is 0.166 e. The van der Waals surface area contributed by atoms with E-state index in [9.17, 15) is 26.3 Å². The van der Waals surface area contributed by atoms with E-state index in [0.717, 1.165) is 12.1 Å². The molecule has 0 bridgehead atoms. The average molecular weight is 304 g/mol. The minimum absolute atomic E-state index is 0.00778. The van der Waals surface area contributed by atoms with Crippen LogP contribution in [0.2, 0.25) is 0 Å². The Morgan fingerprint density at radius 3 is 1.52 bits per heavy atom. The van der Waals surface area contributed by atoms with Crippen LogP contribution in [0.15, 0.2) is 48.5 Å². The van der Waals surface area contributed by atoms with Crippen molar-refractivity contribution in [1.82, 2.24) is 0 Å². The van der Waals surface area contributed by atoms with Crippen molar-refractivity contribution in [3.63, 3.8) is 0 Å². The number of rotatable bonds is 2. The fourth-order valence-electron chi connectivity index (χ4n) is 1.95. The molecule has 0 N–H and O–H groups in total. The molecule has 112 valence electrons. The van der Waals surface area contributed by atoms with Crippen molar-refractivity contribution >= 4 is 0 Å². The van der Waals surface area contributed by atoms with Gasteiger partial charge in [0.2, 0.25) is 0 Å². The molecule has 0 atom stereocenters. The van der Waals surface area contributed by atoms with Crippen molar-refractivity contribution in [2.45, 2.75) is 18.8 Å². The number of hydrogen-bond donors (Lipinski definition) is 0. The predicted octanol–water partition coefficient (Wildman–Crippen LogP) is 5.32. The molecule has 0 aromatic heterocycles. The second kappa shape index (κ2) is 5.42. The maximum absolute atomic E-state index is 12.7. The molecule has 0 saturated carbocycles. The van der Waals surface area contributed by atoms with Gasteiger partial charge in [-0.2, -0.15) is 26.3 Å². The van der Waals surface area contributed by atoms with Gasteiger partial charge in [0.25, 0.3) is 0 Å². The first-order chi connectivity index (χ1) is 9.66. The zero-order chi connectivity index (χ0) is 15.7. The van der Waals surface area contributed by atoms with E-state index in [0.29, 0.717) is 5.56 Å². The highest BCUT2D eigenvalue weighted by Crippen LogP contribution is 2.36. The number of alkyl halides is 6. The van der Waals surface area contributed by atoms with Crippen LogP contribution in [0.1, 0.15) is 22.3 Å². The maximum atomic E-state index is 12.7. The molecule has 21 heavy (non-hydrogen) atoms. The Hall–Kier alpha value is -1.98. The number of halogens is 6. The highest BCUT2D eigenvalue weighted by atomic mass is 19.4. The Labute approximate surface area is 117 Å². The van der Waals surface area contributed by atoms with Gasteiger partial charge >= 0.3 is 12.4 Å². The summed E-state index contributed by atoms with van der Waals surface area (Å²) in [4.78, 5) is 0. The van der Waals surface area contributed by atoms with Gasteiger partial charge < -0.3 is 0 Å². The van der Waals surface area contributed by atoms with Crippen LogP contribution in [-0.4, -0.2) is 0 Å². The Bertz CT molecular complexity index is 578. The van der Waals surface area contributed by atoms with E-state index < -0.39 is 23.5 Å². The van der Waals surface area contributed by atoms with E-state index in [1.165, 1.54) is 0 Å². The minimum atomic E-state index is -4.81. The zero-order valence-corrected chi connectivity index (χ0v) is 10.6. The van der Waals surface area contributed by atoms with Gasteiger partial charge in [-0.05, 0) is 35.7 Å². The molecule has 0 saturated heterocycles. The standard InChI is InChI=1S/C15H10F6/c16-14(17,18)12-7-11(6-10-4-2-1-3-5-10)8-13(9-12)15(19,20)21/h1-5,7-9H,6H2. The van der Waals surface area contributed by atoms with Gasteiger partial charge in [-0.25, -0.2) is 0 Å². The van der Waals surface area contributed by atoms with Crippen LogP contribution >= 0.6 is 0 Å². The molecule has 0 nitrogen and oxygen atoms in total. The first-order valence-electron chi connectivity index (χ1n) is 5.98. The summed E-state index contributed by atoms with van der Waals surface area (Å²) in [5, 5.41) is 0. The summed E-state index contributed by atoms with van der Waals surface area (Å²) in [6.45, 7) is 0. The predicted molar refractivity (Wildman–Crippen MR) is 65.7 cm³/mol. The highest BCUT2D eigenvalue weighted by molar-refractivity contribution is 5.36. The molecule has 0 radical (unpaired) electrons. The van der Waals surface area contributed by atoms with Crippen molar-refractivity contribution in [3.8, 4) is 0 Å². The molecule has 0 aliphatic carbocycles. The summed E-state index contributed by atoms with van der Waals surface area (Å²) in [6.07, 6.45) is -9.62. The maximum Gasteiger partial charge on any atom is 0.416 e. The fraction of sp³-hybridized carbons (Fsp3) is 0.200. The second-order valence-electron chi connectivity index (χ2n) is 4.58. The summed E-state index contributed by atoms with van der Waals surface area (Å²) in [5.41, 5.74) is -1.96. The van der Waals surface area contributed by atoms with E-state index in [1.54, 1.807) is 30.3 Å². The van der Waals surface area contributed by atoms with Gasteiger partial charge in [0.15, 0.2) is 0 Å². The van der Waals surface area contributed by atoms with Crippen molar-refractivity contribution in [2.75, 3.05) is 0 Å². The molecule has 0 spiro atoms. The Morgan fingerprint density at radius 2 is 1.10 bits per heavy atom. The van der Waals surface area contributed by atoms with E-state index in [2.05, 4.69) is 0 Å².